The average Bonchev–Trinajstić information content (AvgIpc) is 2.43. The van der Waals surface area contributed by atoms with Gasteiger partial charge in [-0.25, -0.2) is 0 Å². The van der Waals surface area contributed by atoms with E-state index in [-0.39, 0.29) is 12.1 Å². The van der Waals surface area contributed by atoms with Gasteiger partial charge < -0.3 is 4.74 Å². The number of carbonyl (C=O) groups is 1. The highest BCUT2D eigenvalue weighted by Gasteiger charge is 2.04. The molecule has 0 fully saturated rings. The molecule has 0 heterocycles. The van der Waals surface area contributed by atoms with Crippen molar-refractivity contribution < 1.29 is 9.53 Å². The summed E-state index contributed by atoms with van der Waals surface area (Å²) in [4.78, 5) is 10.8. The van der Waals surface area contributed by atoms with Crippen LogP contribution in [0.25, 0.3) is 0 Å². The van der Waals surface area contributed by atoms with Crippen LogP contribution in [0.2, 0.25) is 0 Å². The molecular formula is C19H36O2. The van der Waals surface area contributed by atoms with Gasteiger partial charge in [-0.05, 0) is 39.0 Å². The molecule has 124 valence electrons. The minimum absolute atomic E-state index is 0.0852. The van der Waals surface area contributed by atoms with Crippen LogP contribution in [0.3, 0.4) is 0 Å². The van der Waals surface area contributed by atoms with Crippen LogP contribution in [0, 0.1) is 0 Å². The number of hydrogen-bond acceptors (Lipinski definition) is 2. The number of hydrogen-bond donors (Lipinski definition) is 0. The normalized spacial score (nSPS) is 12.7. The third-order valence-electron chi connectivity index (χ3n) is 3.74. The zero-order chi connectivity index (χ0) is 15.8. The Morgan fingerprint density at radius 3 is 2.00 bits per heavy atom. The molecule has 0 amide bonds. The van der Waals surface area contributed by atoms with E-state index in [0.29, 0.717) is 0 Å². The lowest BCUT2D eigenvalue weighted by molar-refractivity contribution is -0.145. The van der Waals surface area contributed by atoms with Crippen molar-refractivity contribution in [3.05, 3.63) is 12.2 Å². The Labute approximate surface area is 132 Å². The quantitative estimate of drug-likeness (QED) is 0.217. The Balaban J connectivity index is 3.15. The SMILES string of the molecule is CCCC/C=C/CCCCCCCCCC(C)OC(C)=O. The number of ether oxygens (including phenoxy) is 1. The lowest BCUT2D eigenvalue weighted by Gasteiger charge is -2.11. The van der Waals surface area contributed by atoms with Crippen molar-refractivity contribution in [3.63, 3.8) is 0 Å². The Kier molecular flexibility index (Phi) is 15.0. The maximum atomic E-state index is 10.8. The highest BCUT2D eigenvalue weighted by molar-refractivity contribution is 5.66. The highest BCUT2D eigenvalue weighted by atomic mass is 16.5. The van der Waals surface area contributed by atoms with Crippen molar-refractivity contribution in [1.82, 2.24) is 0 Å². The van der Waals surface area contributed by atoms with Crippen LogP contribution in [0.4, 0.5) is 0 Å². The Bertz CT molecular complexity index is 258. The van der Waals surface area contributed by atoms with Crippen molar-refractivity contribution in [2.75, 3.05) is 0 Å². The Morgan fingerprint density at radius 1 is 0.905 bits per heavy atom. The first kappa shape index (κ1) is 20.2. The van der Waals surface area contributed by atoms with Gasteiger partial charge in [0.15, 0.2) is 0 Å². The summed E-state index contributed by atoms with van der Waals surface area (Å²) < 4.78 is 5.11. The zero-order valence-electron chi connectivity index (χ0n) is 14.5. The van der Waals surface area contributed by atoms with Crippen LogP contribution in [0.15, 0.2) is 12.2 Å². The van der Waals surface area contributed by atoms with Crippen LogP contribution >= 0.6 is 0 Å². The van der Waals surface area contributed by atoms with E-state index in [9.17, 15) is 4.79 Å². The predicted octanol–water partition coefficient (Wildman–Crippen LogP) is 6.20. The standard InChI is InChI=1S/C19H36O2/c1-4-5-6-7-8-9-10-11-12-13-14-15-16-17-18(2)21-19(3)20/h7-8,18H,4-6,9-17H2,1-3H3/b8-7+. The van der Waals surface area contributed by atoms with Gasteiger partial charge in [0, 0.05) is 6.92 Å². The molecule has 0 aromatic heterocycles. The van der Waals surface area contributed by atoms with Gasteiger partial charge in [-0.15, -0.1) is 0 Å². The van der Waals surface area contributed by atoms with Crippen LogP contribution in [-0.4, -0.2) is 12.1 Å². The fourth-order valence-electron chi connectivity index (χ4n) is 2.48. The molecule has 0 rings (SSSR count). The predicted molar refractivity (Wildman–Crippen MR) is 91.4 cm³/mol. The number of carbonyl (C=O) groups excluding carboxylic acids is 1. The van der Waals surface area contributed by atoms with E-state index in [0.717, 1.165) is 6.42 Å². The smallest absolute Gasteiger partial charge is 0.302 e. The topological polar surface area (TPSA) is 26.3 Å². The number of unbranched alkanes of at least 4 members (excludes halogenated alkanes) is 9. The minimum atomic E-state index is -0.161. The molecular weight excluding hydrogens is 260 g/mol. The van der Waals surface area contributed by atoms with Gasteiger partial charge in [-0.1, -0.05) is 64.0 Å². The minimum Gasteiger partial charge on any atom is -0.463 e. The van der Waals surface area contributed by atoms with Crippen molar-refractivity contribution in [2.45, 2.75) is 104 Å². The van der Waals surface area contributed by atoms with E-state index in [1.54, 1.807) is 0 Å². The molecule has 0 aliphatic heterocycles. The zero-order valence-corrected chi connectivity index (χ0v) is 14.5. The van der Waals surface area contributed by atoms with Crippen LogP contribution in [0.1, 0.15) is 97.8 Å². The lowest BCUT2D eigenvalue weighted by Crippen LogP contribution is -2.11. The molecule has 2 heteroatoms. The molecule has 1 unspecified atom stereocenters. The first-order chi connectivity index (χ1) is 10.2. The first-order valence-corrected chi connectivity index (χ1v) is 8.99. The second-order valence-corrected chi connectivity index (χ2v) is 6.09. The highest BCUT2D eigenvalue weighted by Crippen LogP contribution is 2.12. The van der Waals surface area contributed by atoms with Crippen LogP contribution in [-0.2, 0) is 9.53 Å². The van der Waals surface area contributed by atoms with Gasteiger partial charge in [0.05, 0.1) is 6.10 Å². The molecule has 21 heavy (non-hydrogen) atoms. The molecule has 2 nitrogen and oxygen atoms in total. The molecule has 0 N–H and O–H groups in total. The molecule has 0 aromatic rings. The van der Waals surface area contributed by atoms with E-state index >= 15 is 0 Å². The number of allylic oxidation sites excluding steroid dienone is 2. The summed E-state index contributed by atoms with van der Waals surface area (Å²) in [5.41, 5.74) is 0. The summed E-state index contributed by atoms with van der Waals surface area (Å²) >= 11 is 0. The molecule has 0 radical (unpaired) electrons. The second-order valence-electron chi connectivity index (χ2n) is 6.09. The van der Waals surface area contributed by atoms with Crippen molar-refractivity contribution in [2.24, 2.45) is 0 Å². The van der Waals surface area contributed by atoms with Crippen LogP contribution < -0.4 is 0 Å². The summed E-state index contributed by atoms with van der Waals surface area (Å²) in [7, 11) is 0. The molecule has 0 aliphatic rings. The van der Waals surface area contributed by atoms with Gasteiger partial charge in [0.2, 0.25) is 0 Å². The lowest BCUT2D eigenvalue weighted by atomic mass is 10.1. The fraction of sp³-hybridized carbons (Fsp3) is 0.842. The third-order valence-corrected chi connectivity index (χ3v) is 3.74. The third kappa shape index (κ3) is 17.2. The Morgan fingerprint density at radius 2 is 1.43 bits per heavy atom. The summed E-state index contributed by atoms with van der Waals surface area (Å²) in [6.45, 7) is 5.70. The van der Waals surface area contributed by atoms with E-state index in [4.69, 9.17) is 4.74 Å². The molecule has 0 bridgehead atoms. The maximum absolute atomic E-state index is 10.8. The summed E-state index contributed by atoms with van der Waals surface area (Å²) in [5.74, 6) is -0.161. The molecule has 1 atom stereocenters. The van der Waals surface area contributed by atoms with E-state index in [1.165, 1.54) is 77.6 Å². The average molecular weight is 296 g/mol. The van der Waals surface area contributed by atoms with Gasteiger partial charge in [-0.3, -0.25) is 4.79 Å². The first-order valence-electron chi connectivity index (χ1n) is 8.99. The van der Waals surface area contributed by atoms with Gasteiger partial charge >= 0.3 is 5.97 Å². The van der Waals surface area contributed by atoms with Gasteiger partial charge in [-0.2, -0.15) is 0 Å². The molecule has 0 spiro atoms. The molecule has 0 saturated heterocycles. The largest absolute Gasteiger partial charge is 0.463 e. The maximum Gasteiger partial charge on any atom is 0.302 e. The molecule has 0 aliphatic carbocycles. The van der Waals surface area contributed by atoms with E-state index in [1.807, 2.05) is 6.92 Å². The van der Waals surface area contributed by atoms with E-state index in [2.05, 4.69) is 19.1 Å². The van der Waals surface area contributed by atoms with Gasteiger partial charge in [0.1, 0.15) is 0 Å². The molecule has 0 aromatic carbocycles. The van der Waals surface area contributed by atoms with Crippen molar-refractivity contribution in [3.8, 4) is 0 Å². The molecule has 0 saturated carbocycles. The van der Waals surface area contributed by atoms with E-state index < -0.39 is 0 Å². The van der Waals surface area contributed by atoms with Crippen molar-refractivity contribution in [1.29, 1.82) is 0 Å². The summed E-state index contributed by atoms with van der Waals surface area (Å²) in [6.07, 6.45) is 20.1. The van der Waals surface area contributed by atoms with Crippen molar-refractivity contribution >= 4 is 5.97 Å². The fourth-order valence-corrected chi connectivity index (χ4v) is 2.48. The van der Waals surface area contributed by atoms with Gasteiger partial charge in [0.25, 0.3) is 0 Å². The second kappa shape index (κ2) is 15.6. The van der Waals surface area contributed by atoms with Crippen LogP contribution in [0.5, 0.6) is 0 Å². The summed E-state index contributed by atoms with van der Waals surface area (Å²) in [5, 5.41) is 0. The number of rotatable bonds is 14. The monoisotopic (exact) mass is 296 g/mol. The number of esters is 1. The Hall–Kier alpha value is -0.790. The summed E-state index contributed by atoms with van der Waals surface area (Å²) in [6, 6.07) is 0.